The lowest BCUT2D eigenvalue weighted by molar-refractivity contribution is 0.409. The van der Waals surface area contributed by atoms with E-state index in [1.807, 2.05) is 18.2 Å². The van der Waals surface area contributed by atoms with Crippen molar-refractivity contribution in [2.24, 2.45) is 4.99 Å². The van der Waals surface area contributed by atoms with E-state index in [4.69, 9.17) is 4.74 Å². The van der Waals surface area contributed by atoms with Gasteiger partial charge >= 0.3 is 0 Å². The lowest BCUT2D eigenvalue weighted by atomic mass is 10.1. The smallest absolute Gasteiger partial charge is 0.191 e. The number of methoxy groups -OCH3 is 1. The Morgan fingerprint density at radius 2 is 1.78 bits per heavy atom. The second-order valence-electron chi connectivity index (χ2n) is 5.35. The van der Waals surface area contributed by atoms with Crippen molar-refractivity contribution in [2.75, 3.05) is 13.7 Å². The molecule has 0 amide bonds. The molecule has 0 aliphatic carbocycles. The molecule has 0 atom stereocenters. The third kappa shape index (κ3) is 5.33. The molecule has 2 N–H and O–H groups in total. The average molecular weight is 311 g/mol. The molecule has 0 unspecified atom stereocenters. The van der Waals surface area contributed by atoms with E-state index in [1.165, 1.54) is 11.1 Å². The second kappa shape index (κ2) is 8.83. The van der Waals surface area contributed by atoms with Gasteiger partial charge in [-0.05, 0) is 25.5 Å². The number of ether oxygens (including phenoxy) is 1. The van der Waals surface area contributed by atoms with Crippen molar-refractivity contribution in [3.63, 3.8) is 0 Å². The Balaban J connectivity index is 2.00. The molecular weight excluding hydrogens is 286 g/mol. The van der Waals surface area contributed by atoms with Crippen LogP contribution in [0.2, 0.25) is 0 Å². The van der Waals surface area contributed by atoms with Crippen LogP contribution < -0.4 is 15.4 Å². The van der Waals surface area contributed by atoms with E-state index in [1.54, 1.807) is 7.11 Å². The highest BCUT2D eigenvalue weighted by molar-refractivity contribution is 5.79. The molecule has 0 aliphatic heterocycles. The van der Waals surface area contributed by atoms with Gasteiger partial charge in [0.2, 0.25) is 0 Å². The fraction of sp³-hybridized carbons (Fsp3) is 0.316. The molecule has 122 valence electrons. The summed E-state index contributed by atoms with van der Waals surface area (Å²) in [6.45, 7) is 6.30. The summed E-state index contributed by atoms with van der Waals surface area (Å²) >= 11 is 0. The number of para-hydroxylation sites is 1. The number of nitrogens with one attached hydrogen (secondary N) is 2. The van der Waals surface area contributed by atoms with Gasteiger partial charge in [-0.3, -0.25) is 0 Å². The van der Waals surface area contributed by atoms with E-state index in [2.05, 4.69) is 59.8 Å². The van der Waals surface area contributed by atoms with E-state index < -0.39 is 0 Å². The minimum absolute atomic E-state index is 0.654. The van der Waals surface area contributed by atoms with Crippen LogP contribution in [0, 0.1) is 6.92 Å². The van der Waals surface area contributed by atoms with E-state index in [0.717, 1.165) is 23.8 Å². The molecular formula is C19H25N3O. The van der Waals surface area contributed by atoms with Gasteiger partial charge in [-0.2, -0.15) is 0 Å². The molecule has 0 aromatic heterocycles. The first-order chi connectivity index (χ1) is 11.2. The standard InChI is InChI=1S/C19H25N3O/c1-4-20-19(21-13-16-11-9-15(2)10-12-16)22-14-17-7-5-6-8-18(17)23-3/h5-12H,4,13-14H2,1-3H3,(H2,20,21,22). The maximum absolute atomic E-state index is 5.38. The number of hydrogen-bond acceptors (Lipinski definition) is 2. The Morgan fingerprint density at radius 1 is 1.04 bits per heavy atom. The monoisotopic (exact) mass is 311 g/mol. The number of aliphatic imine (C=N–C) groups is 1. The topological polar surface area (TPSA) is 45.7 Å². The zero-order valence-corrected chi connectivity index (χ0v) is 14.1. The lowest BCUT2D eigenvalue weighted by Crippen LogP contribution is -2.36. The van der Waals surface area contributed by atoms with E-state index in [-0.39, 0.29) is 0 Å². The van der Waals surface area contributed by atoms with E-state index in [0.29, 0.717) is 13.1 Å². The van der Waals surface area contributed by atoms with Crippen molar-refractivity contribution >= 4 is 5.96 Å². The van der Waals surface area contributed by atoms with Crippen LogP contribution in [-0.4, -0.2) is 19.6 Å². The largest absolute Gasteiger partial charge is 0.496 e. The minimum atomic E-state index is 0.654. The maximum atomic E-state index is 5.38. The number of guanidine groups is 1. The van der Waals surface area contributed by atoms with Gasteiger partial charge < -0.3 is 15.4 Å². The van der Waals surface area contributed by atoms with Gasteiger partial charge in [0.05, 0.1) is 13.7 Å². The van der Waals surface area contributed by atoms with Crippen LogP contribution in [0.4, 0.5) is 0 Å². The van der Waals surface area contributed by atoms with Crippen molar-refractivity contribution in [3.8, 4) is 5.75 Å². The van der Waals surface area contributed by atoms with Crippen LogP contribution in [0.3, 0.4) is 0 Å². The summed E-state index contributed by atoms with van der Waals surface area (Å²) in [4.78, 5) is 4.64. The molecule has 0 aliphatic rings. The van der Waals surface area contributed by atoms with Gasteiger partial charge in [0, 0.05) is 18.7 Å². The van der Waals surface area contributed by atoms with Gasteiger partial charge in [-0.25, -0.2) is 4.99 Å². The quantitative estimate of drug-likeness (QED) is 0.636. The third-order valence-corrected chi connectivity index (χ3v) is 3.52. The Kier molecular flexibility index (Phi) is 6.48. The van der Waals surface area contributed by atoms with Crippen molar-refractivity contribution < 1.29 is 4.74 Å². The van der Waals surface area contributed by atoms with Crippen LogP contribution in [0.15, 0.2) is 53.5 Å². The first-order valence-corrected chi connectivity index (χ1v) is 7.92. The Bertz CT molecular complexity index is 635. The number of nitrogens with zero attached hydrogens (tertiary/aromatic N) is 1. The molecule has 0 saturated heterocycles. The summed E-state index contributed by atoms with van der Waals surface area (Å²) in [6.07, 6.45) is 0. The van der Waals surface area contributed by atoms with Crippen LogP contribution in [0.5, 0.6) is 5.75 Å². The molecule has 0 bridgehead atoms. The molecule has 0 fully saturated rings. The Hall–Kier alpha value is -2.49. The van der Waals surface area contributed by atoms with E-state index in [9.17, 15) is 0 Å². The van der Waals surface area contributed by atoms with Crippen molar-refractivity contribution in [2.45, 2.75) is 26.9 Å². The second-order valence-corrected chi connectivity index (χ2v) is 5.35. The molecule has 4 heteroatoms. The number of benzene rings is 2. The molecule has 2 aromatic carbocycles. The summed E-state index contributed by atoms with van der Waals surface area (Å²) in [5, 5.41) is 6.62. The molecule has 2 aromatic rings. The minimum Gasteiger partial charge on any atom is -0.496 e. The highest BCUT2D eigenvalue weighted by atomic mass is 16.5. The molecule has 0 spiro atoms. The highest BCUT2D eigenvalue weighted by Gasteiger charge is 2.03. The first-order valence-electron chi connectivity index (χ1n) is 7.92. The van der Waals surface area contributed by atoms with Gasteiger partial charge in [-0.15, -0.1) is 0 Å². The fourth-order valence-electron chi connectivity index (χ4n) is 2.23. The number of rotatable bonds is 6. The molecule has 0 saturated carbocycles. The van der Waals surface area contributed by atoms with Crippen LogP contribution in [0.1, 0.15) is 23.6 Å². The zero-order chi connectivity index (χ0) is 16.5. The summed E-state index contributed by atoms with van der Waals surface area (Å²) in [6, 6.07) is 16.4. The molecule has 2 rings (SSSR count). The summed E-state index contributed by atoms with van der Waals surface area (Å²) < 4.78 is 5.38. The third-order valence-electron chi connectivity index (χ3n) is 3.52. The van der Waals surface area contributed by atoms with Crippen molar-refractivity contribution in [3.05, 3.63) is 65.2 Å². The molecule has 0 heterocycles. The Morgan fingerprint density at radius 3 is 2.48 bits per heavy atom. The van der Waals surface area contributed by atoms with Crippen LogP contribution in [0.25, 0.3) is 0 Å². The van der Waals surface area contributed by atoms with Crippen molar-refractivity contribution in [1.29, 1.82) is 0 Å². The zero-order valence-electron chi connectivity index (χ0n) is 14.1. The summed E-state index contributed by atoms with van der Waals surface area (Å²) in [5.41, 5.74) is 3.57. The number of hydrogen-bond donors (Lipinski definition) is 2. The predicted molar refractivity (Wildman–Crippen MR) is 95.8 cm³/mol. The number of aryl methyl sites for hydroxylation is 1. The Labute approximate surface area is 138 Å². The summed E-state index contributed by atoms with van der Waals surface area (Å²) in [5.74, 6) is 1.69. The lowest BCUT2D eigenvalue weighted by Gasteiger charge is -2.13. The van der Waals surface area contributed by atoms with Gasteiger partial charge in [0.1, 0.15) is 5.75 Å². The maximum Gasteiger partial charge on any atom is 0.191 e. The van der Waals surface area contributed by atoms with Gasteiger partial charge in [0.25, 0.3) is 0 Å². The van der Waals surface area contributed by atoms with Crippen molar-refractivity contribution in [1.82, 2.24) is 10.6 Å². The van der Waals surface area contributed by atoms with Gasteiger partial charge in [-0.1, -0.05) is 48.0 Å². The molecule has 4 nitrogen and oxygen atoms in total. The molecule has 23 heavy (non-hydrogen) atoms. The van der Waals surface area contributed by atoms with Crippen LogP contribution in [-0.2, 0) is 13.1 Å². The predicted octanol–water partition coefficient (Wildman–Crippen LogP) is 3.26. The molecule has 0 radical (unpaired) electrons. The highest BCUT2D eigenvalue weighted by Crippen LogP contribution is 2.16. The van der Waals surface area contributed by atoms with Crippen LogP contribution >= 0.6 is 0 Å². The average Bonchev–Trinajstić information content (AvgIpc) is 2.59. The fourth-order valence-corrected chi connectivity index (χ4v) is 2.23. The SMILES string of the molecule is CCNC(=NCc1ccc(C)cc1)NCc1ccccc1OC. The normalized spacial score (nSPS) is 11.2. The van der Waals surface area contributed by atoms with Gasteiger partial charge in [0.15, 0.2) is 5.96 Å². The van der Waals surface area contributed by atoms with E-state index >= 15 is 0 Å². The summed E-state index contributed by atoms with van der Waals surface area (Å²) in [7, 11) is 1.69. The first kappa shape index (κ1) is 16.9.